The second-order valence-corrected chi connectivity index (χ2v) is 5.83. The second kappa shape index (κ2) is 10.5. The molecule has 0 saturated heterocycles. The molecule has 1 aromatic carbocycles. The van der Waals surface area contributed by atoms with E-state index in [4.69, 9.17) is 14.2 Å². The molecule has 1 N–H and O–H groups in total. The summed E-state index contributed by atoms with van der Waals surface area (Å²) in [5.41, 5.74) is 1.20. The minimum atomic E-state index is 0.143. The van der Waals surface area contributed by atoms with Crippen LogP contribution in [0, 0.1) is 0 Å². The fourth-order valence-corrected chi connectivity index (χ4v) is 2.03. The van der Waals surface area contributed by atoms with Gasteiger partial charge in [0.25, 0.3) is 0 Å². The van der Waals surface area contributed by atoms with Crippen LogP contribution in [0.25, 0.3) is 0 Å². The van der Waals surface area contributed by atoms with Crippen molar-refractivity contribution in [2.75, 3.05) is 19.8 Å². The standard InChI is InChI=1S/C18H31NO3/c1-6-20-18-12-16(8-9-17(18)22-15(4)5)13-19-10-7-11-21-14(2)3/h8-9,12,14-15,19H,6-7,10-11,13H2,1-5H3. The average molecular weight is 309 g/mol. The van der Waals surface area contributed by atoms with E-state index in [1.807, 2.05) is 26.8 Å². The van der Waals surface area contributed by atoms with Crippen molar-refractivity contribution in [3.8, 4) is 11.5 Å². The summed E-state index contributed by atoms with van der Waals surface area (Å²) >= 11 is 0. The smallest absolute Gasteiger partial charge is 0.161 e. The predicted molar refractivity (Wildman–Crippen MR) is 90.8 cm³/mol. The molecule has 0 heterocycles. The SMILES string of the molecule is CCOc1cc(CNCCCOC(C)C)ccc1OC(C)C. The van der Waals surface area contributed by atoms with Gasteiger partial charge in [-0.1, -0.05) is 6.07 Å². The maximum Gasteiger partial charge on any atom is 0.161 e. The van der Waals surface area contributed by atoms with Gasteiger partial charge in [0.1, 0.15) is 0 Å². The van der Waals surface area contributed by atoms with Crippen LogP contribution in [0.2, 0.25) is 0 Å². The van der Waals surface area contributed by atoms with Crippen molar-refractivity contribution in [3.05, 3.63) is 23.8 Å². The summed E-state index contributed by atoms with van der Waals surface area (Å²) in [4.78, 5) is 0. The Hall–Kier alpha value is -1.26. The highest BCUT2D eigenvalue weighted by atomic mass is 16.5. The lowest BCUT2D eigenvalue weighted by Crippen LogP contribution is -2.17. The van der Waals surface area contributed by atoms with E-state index in [0.29, 0.717) is 12.7 Å². The van der Waals surface area contributed by atoms with Gasteiger partial charge in [0.15, 0.2) is 11.5 Å². The normalized spacial score (nSPS) is 11.2. The Morgan fingerprint density at radius 3 is 2.45 bits per heavy atom. The lowest BCUT2D eigenvalue weighted by molar-refractivity contribution is 0.0770. The molecule has 0 aromatic heterocycles. The van der Waals surface area contributed by atoms with E-state index in [2.05, 4.69) is 31.3 Å². The molecule has 0 bridgehead atoms. The van der Waals surface area contributed by atoms with Crippen molar-refractivity contribution >= 4 is 0 Å². The average Bonchev–Trinajstić information content (AvgIpc) is 2.44. The number of nitrogens with one attached hydrogen (secondary N) is 1. The molecule has 4 heteroatoms. The third-order valence-electron chi connectivity index (χ3n) is 2.95. The molecule has 0 radical (unpaired) electrons. The van der Waals surface area contributed by atoms with Gasteiger partial charge in [-0.15, -0.1) is 0 Å². The van der Waals surface area contributed by atoms with Gasteiger partial charge < -0.3 is 19.5 Å². The van der Waals surface area contributed by atoms with E-state index in [1.165, 1.54) is 5.56 Å². The molecule has 0 aliphatic heterocycles. The summed E-state index contributed by atoms with van der Waals surface area (Å²) in [5, 5.41) is 3.43. The lowest BCUT2D eigenvalue weighted by atomic mass is 10.2. The van der Waals surface area contributed by atoms with E-state index in [-0.39, 0.29) is 6.10 Å². The van der Waals surface area contributed by atoms with E-state index in [9.17, 15) is 0 Å². The summed E-state index contributed by atoms with van der Waals surface area (Å²) in [6.45, 7) is 13.3. The molecule has 0 spiro atoms. The molecule has 1 rings (SSSR count). The molecule has 22 heavy (non-hydrogen) atoms. The fourth-order valence-electron chi connectivity index (χ4n) is 2.03. The highest BCUT2D eigenvalue weighted by Gasteiger charge is 2.08. The second-order valence-electron chi connectivity index (χ2n) is 5.83. The Balaban J connectivity index is 2.45. The van der Waals surface area contributed by atoms with Crippen LogP contribution >= 0.6 is 0 Å². The molecule has 4 nitrogen and oxygen atoms in total. The maximum atomic E-state index is 5.77. The fraction of sp³-hybridized carbons (Fsp3) is 0.667. The third-order valence-corrected chi connectivity index (χ3v) is 2.95. The Bertz CT molecular complexity index is 419. The van der Waals surface area contributed by atoms with Gasteiger partial charge in [-0.2, -0.15) is 0 Å². The number of rotatable bonds is 11. The molecule has 0 amide bonds. The first-order chi connectivity index (χ1) is 10.5. The quantitative estimate of drug-likeness (QED) is 0.632. The zero-order valence-corrected chi connectivity index (χ0v) is 14.6. The summed E-state index contributed by atoms with van der Waals surface area (Å²) in [7, 11) is 0. The highest BCUT2D eigenvalue weighted by molar-refractivity contribution is 5.43. The molecule has 0 aliphatic rings. The molecular weight excluding hydrogens is 278 g/mol. The lowest BCUT2D eigenvalue weighted by Gasteiger charge is -2.16. The molecule has 1 aromatic rings. The van der Waals surface area contributed by atoms with E-state index in [1.54, 1.807) is 0 Å². The van der Waals surface area contributed by atoms with Crippen molar-refractivity contribution in [1.29, 1.82) is 0 Å². The van der Waals surface area contributed by atoms with Crippen molar-refractivity contribution in [1.82, 2.24) is 5.32 Å². The van der Waals surface area contributed by atoms with Crippen LogP contribution in [0.15, 0.2) is 18.2 Å². The summed E-state index contributed by atoms with van der Waals surface area (Å²) in [5.74, 6) is 1.63. The largest absolute Gasteiger partial charge is 0.490 e. The van der Waals surface area contributed by atoms with E-state index in [0.717, 1.165) is 37.6 Å². The Morgan fingerprint density at radius 1 is 1.05 bits per heavy atom. The zero-order chi connectivity index (χ0) is 16.4. The third kappa shape index (κ3) is 7.66. The molecule has 0 fully saturated rings. The van der Waals surface area contributed by atoms with E-state index < -0.39 is 0 Å². The van der Waals surface area contributed by atoms with Crippen LogP contribution in [-0.4, -0.2) is 32.0 Å². The van der Waals surface area contributed by atoms with Gasteiger partial charge in [-0.3, -0.25) is 0 Å². The van der Waals surface area contributed by atoms with Gasteiger partial charge >= 0.3 is 0 Å². The van der Waals surface area contributed by atoms with Gasteiger partial charge in [0.05, 0.1) is 18.8 Å². The summed E-state index contributed by atoms with van der Waals surface area (Å²) < 4.78 is 17.0. The van der Waals surface area contributed by atoms with Crippen molar-refractivity contribution < 1.29 is 14.2 Å². The van der Waals surface area contributed by atoms with Crippen LogP contribution in [0.4, 0.5) is 0 Å². The highest BCUT2D eigenvalue weighted by Crippen LogP contribution is 2.29. The monoisotopic (exact) mass is 309 g/mol. The van der Waals surface area contributed by atoms with Crippen LogP contribution < -0.4 is 14.8 Å². The van der Waals surface area contributed by atoms with Crippen LogP contribution in [0.3, 0.4) is 0 Å². The topological polar surface area (TPSA) is 39.7 Å². The Morgan fingerprint density at radius 2 is 1.82 bits per heavy atom. The van der Waals surface area contributed by atoms with Gasteiger partial charge in [0.2, 0.25) is 0 Å². The van der Waals surface area contributed by atoms with Crippen molar-refractivity contribution in [2.24, 2.45) is 0 Å². The summed E-state index contributed by atoms with van der Waals surface area (Å²) in [6.07, 6.45) is 1.47. The number of benzene rings is 1. The number of hydrogen-bond acceptors (Lipinski definition) is 4. The molecule has 0 unspecified atom stereocenters. The minimum absolute atomic E-state index is 0.143. The minimum Gasteiger partial charge on any atom is -0.490 e. The van der Waals surface area contributed by atoms with Crippen LogP contribution in [0.1, 0.15) is 46.6 Å². The molecule has 0 atom stereocenters. The first-order valence-corrected chi connectivity index (χ1v) is 8.27. The van der Waals surface area contributed by atoms with Gasteiger partial charge in [-0.05, 0) is 65.3 Å². The number of hydrogen-bond donors (Lipinski definition) is 1. The molecular formula is C18H31NO3. The predicted octanol–water partition coefficient (Wildman–Crippen LogP) is 3.78. The van der Waals surface area contributed by atoms with Gasteiger partial charge in [0, 0.05) is 13.2 Å². The Labute approximate surface area is 135 Å². The molecule has 0 saturated carbocycles. The first-order valence-electron chi connectivity index (χ1n) is 8.27. The van der Waals surface area contributed by atoms with Crippen LogP contribution in [0.5, 0.6) is 11.5 Å². The first kappa shape index (κ1) is 18.8. The number of ether oxygens (including phenoxy) is 3. The molecule has 126 valence electrons. The maximum absolute atomic E-state index is 5.77. The van der Waals surface area contributed by atoms with E-state index >= 15 is 0 Å². The summed E-state index contributed by atoms with van der Waals surface area (Å²) in [6, 6.07) is 6.13. The Kier molecular flexibility index (Phi) is 8.94. The van der Waals surface area contributed by atoms with Gasteiger partial charge in [-0.25, -0.2) is 0 Å². The van der Waals surface area contributed by atoms with Crippen molar-refractivity contribution in [2.45, 2.75) is 59.8 Å². The van der Waals surface area contributed by atoms with Crippen molar-refractivity contribution in [3.63, 3.8) is 0 Å². The van der Waals surface area contributed by atoms with Crippen LogP contribution in [-0.2, 0) is 11.3 Å². The molecule has 0 aliphatic carbocycles. The zero-order valence-electron chi connectivity index (χ0n) is 14.6.